The fraction of sp³-hybridized carbons (Fsp3) is 0.625. The fourth-order valence-electron chi connectivity index (χ4n) is 3.63. The molecule has 2 N–H and O–H groups in total. The Morgan fingerprint density at radius 3 is 2.41 bits per heavy atom. The van der Waals surface area contributed by atoms with E-state index in [-0.39, 0.29) is 6.54 Å². The molecule has 32 heavy (non-hydrogen) atoms. The van der Waals surface area contributed by atoms with E-state index in [9.17, 15) is 4.79 Å². The van der Waals surface area contributed by atoms with Crippen LogP contribution < -0.4 is 15.5 Å². The molecule has 2 aliphatic rings. The second-order valence-electron chi connectivity index (χ2n) is 10.5. The van der Waals surface area contributed by atoms with E-state index in [1.165, 1.54) is 5.69 Å². The lowest BCUT2D eigenvalue weighted by atomic mass is 9.77. The monoisotopic (exact) mass is 443 g/mol. The molecular weight excluding hydrogens is 405 g/mol. The van der Waals surface area contributed by atoms with Crippen molar-refractivity contribution in [2.45, 2.75) is 65.3 Å². The van der Waals surface area contributed by atoms with Crippen molar-refractivity contribution in [3.63, 3.8) is 0 Å². The molecule has 0 atom stereocenters. The average molecular weight is 443 g/mol. The van der Waals surface area contributed by atoms with E-state index in [0.29, 0.717) is 0 Å². The van der Waals surface area contributed by atoms with E-state index in [4.69, 9.17) is 14.0 Å². The van der Waals surface area contributed by atoms with Gasteiger partial charge < -0.3 is 29.6 Å². The van der Waals surface area contributed by atoms with Gasteiger partial charge in [0.2, 0.25) is 0 Å². The van der Waals surface area contributed by atoms with Crippen molar-refractivity contribution in [3.8, 4) is 0 Å². The molecule has 2 heterocycles. The summed E-state index contributed by atoms with van der Waals surface area (Å²) in [5.74, 6) is 0. The van der Waals surface area contributed by atoms with Crippen molar-refractivity contribution in [3.05, 3.63) is 35.3 Å². The third-order valence-electron chi connectivity index (χ3n) is 6.10. The summed E-state index contributed by atoms with van der Waals surface area (Å²) in [6.45, 7) is 17.8. The lowest BCUT2D eigenvalue weighted by molar-refractivity contribution is 0.00578. The fourth-order valence-corrected chi connectivity index (χ4v) is 3.63. The van der Waals surface area contributed by atoms with Gasteiger partial charge in [-0.25, -0.2) is 4.79 Å². The minimum atomic E-state index is -0.560. The molecule has 2 saturated heterocycles. The predicted molar refractivity (Wildman–Crippen MR) is 130 cm³/mol. The van der Waals surface area contributed by atoms with Gasteiger partial charge in [-0.15, -0.1) is 0 Å². The van der Waals surface area contributed by atoms with Gasteiger partial charge in [0, 0.05) is 38.4 Å². The van der Waals surface area contributed by atoms with Crippen molar-refractivity contribution in [2.75, 3.05) is 37.6 Å². The maximum absolute atomic E-state index is 12.3. The highest BCUT2D eigenvalue weighted by Gasteiger charge is 2.52. The van der Waals surface area contributed by atoms with Crippen LogP contribution in [0.5, 0.6) is 0 Å². The van der Waals surface area contributed by atoms with Crippen LogP contribution in [0.15, 0.2) is 29.7 Å². The van der Waals surface area contributed by atoms with Gasteiger partial charge in [-0.05, 0) is 71.6 Å². The summed E-state index contributed by atoms with van der Waals surface area (Å²) in [7, 11) is -0.558. The van der Waals surface area contributed by atoms with Crippen molar-refractivity contribution < 1.29 is 18.8 Å². The summed E-state index contributed by atoms with van der Waals surface area (Å²) in [4.78, 5) is 14.7. The van der Waals surface area contributed by atoms with Gasteiger partial charge in [0.25, 0.3) is 0 Å². The number of piperazine rings is 1. The van der Waals surface area contributed by atoms with E-state index < -0.39 is 30.0 Å². The van der Waals surface area contributed by atoms with Gasteiger partial charge in [0.05, 0.1) is 11.2 Å². The number of rotatable bonds is 5. The van der Waals surface area contributed by atoms with Crippen LogP contribution in [0.3, 0.4) is 0 Å². The number of hydrogen-bond donors (Lipinski definition) is 2. The number of nitrogens with one attached hydrogen (secondary N) is 2. The Kier molecular flexibility index (Phi) is 7.27. The first-order valence-corrected chi connectivity index (χ1v) is 11.4. The topological polar surface area (TPSA) is 72.1 Å². The molecule has 7 nitrogen and oxygen atoms in total. The number of carbonyl (C=O) groups is 1. The quantitative estimate of drug-likeness (QED) is 0.678. The zero-order valence-corrected chi connectivity index (χ0v) is 20.6. The molecule has 0 spiro atoms. The van der Waals surface area contributed by atoms with Gasteiger partial charge in [0.1, 0.15) is 5.60 Å². The minimum Gasteiger partial charge on any atom is -0.444 e. The molecule has 0 unspecified atom stereocenters. The van der Waals surface area contributed by atoms with Crippen LogP contribution in [-0.4, -0.2) is 62.7 Å². The maximum Gasteiger partial charge on any atom is 0.492 e. The van der Waals surface area contributed by atoms with Crippen LogP contribution in [0.4, 0.5) is 10.5 Å². The van der Waals surface area contributed by atoms with Crippen molar-refractivity contribution in [1.29, 1.82) is 0 Å². The van der Waals surface area contributed by atoms with E-state index in [1.807, 2.05) is 54.5 Å². The van der Waals surface area contributed by atoms with Gasteiger partial charge in [-0.3, -0.25) is 0 Å². The summed E-state index contributed by atoms with van der Waals surface area (Å²) in [6.07, 6.45) is 1.58. The Balaban J connectivity index is 1.83. The molecule has 0 radical (unpaired) electrons. The third kappa shape index (κ3) is 6.27. The molecule has 0 aromatic heterocycles. The van der Waals surface area contributed by atoms with Crippen molar-refractivity contribution >= 4 is 25.0 Å². The molecule has 2 fully saturated rings. The van der Waals surface area contributed by atoms with Crippen LogP contribution in [-0.2, 0) is 14.0 Å². The van der Waals surface area contributed by atoms with Gasteiger partial charge in [-0.1, -0.05) is 18.2 Å². The molecular formula is C24H38BN3O4. The van der Waals surface area contributed by atoms with Crippen LogP contribution in [0, 0.1) is 0 Å². The standard InChI is InChI=1S/C24H38BN3O4/c1-22(2,3)30-21(29)27-17-19(25-31-23(4,5)24(6,7)32-25)15-18-9-8-10-20(16-18)28-13-11-26-12-14-28/h8-10,15-16,26H,11-14,17H2,1-7H3,(H,27,29). The van der Waals surface area contributed by atoms with E-state index >= 15 is 0 Å². The van der Waals surface area contributed by atoms with Crippen molar-refractivity contribution in [2.24, 2.45) is 0 Å². The number of alkyl carbamates (subject to hydrolysis) is 1. The molecule has 1 aromatic rings. The van der Waals surface area contributed by atoms with E-state index in [1.54, 1.807) is 0 Å². The smallest absolute Gasteiger partial charge is 0.444 e. The molecule has 1 aromatic carbocycles. The van der Waals surface area contributed by atoms with Crippen molar-refractivity contribution in [1.82, 2.24) is 10.6 Å². The maximum atomic E-state index is 12.3. The third-order valence-corrected chi connectivity index (χ3v) is 6.10. The van der Waals surface area contributed by atoms with Crippen LogP contribution in [0.25, 0.3) is 6.08 Å². The van der Waals surface area contributed by atoms with Crippen LogP contribution in [0.1, 0.15) is 54.0 Å². The number of hydrogen-bond acceptors (Lipinski definition) is 6. The summed E-state index contributed by atoms with van der Waals surface area (Å²) in [6, 6.07) is 8.43. The summed E-state index contributed by atoms with van der Waals surface area (Å²) < 4.78 is 18.0. The first kappa shape index (κ1) is 24.6. The number of carbonyl (C=O) groups excluding carboxylic acids is 1. The minimum absolute atomic E-state index is 0.267. The normalized spacial score (nSPS) is 20.9. The summed E-state index contributed by atoms with van der Waals surface area (Å²) in [5.41, 5.74) is 1.57. The number of amides is 1. The number of ether oxygens (including phenoxy) is 1. The molecule has 8 heteroatoms. The zero-order chi connectivity index (χ0) is 23.6. The van der Waals surface area contributed by atoms with Gasteiger partial charge in [-0.2, -0.15) is 0 Å². The van der Waals surface area contributed by atoms with Crippen LogP contribution in [0.2, 0.25) is 0 Å². The molecule has 3 rings (SSSR count). The summed E-state index contributed by atoms with van der Waals surface area (Å²) in [5, 5.41) is 6.25. The predicted octanol–water partition coefficient (Wildman–Crippen LogP) is 3.64. The largest absolute Gasteiger partial charge is 0.492 e. The van der Waals surface area contributed by atoms with Gasteiger partial charge >= 0.3 is 13.2 Å². The molecule has 0 bridgehead atoms. The van der Waals surface area contributed by atoms with Gasteiger partial charge in [0.15, 0.2) is 0 Å². The number of benzene rings is 1. The Bertz CT molecular complexity index is 826. The summed E-state index contributed by atoms with van der Waals surface area (Å²) >= 11 is 0. The Hall–Kier alpha value is -2.03. The molecule has 0 saturated carbocycles. The average Bonchev–Trinajstić information content (AvgIpc) is 2.92. The van der Waals surface area contributed by atoms with E-state index in [2.05, 4.69) is 39.8 Å². The molecule has 176 valence electrons. The molecule has 1 amide bonds. The number of anilines is 1. The van der Waals surface area contributed by atoms with Crippen LogP contribution >= 0.6 is 0 Å². The first-order chi connectivity index (χ1) is 14.9. The highest BCUT2D eigenvalue weighted by molar-refractivity contribution is 6.56. The Morgan fingerprint density at radius 2 is 1.81 bits per heavy atom. The Labute approximate surface area is 193 Å². The lowest BCUT2D eigenvalue weighted by Crippen LogP contribution is -2.43. The lowest BCUT2D eigenvalue weighted by Gasteiger charge is -2.32. The SMILES string of the molecule is CC(C)(C)OC(=O)NCC(=Cc1cccc(N2CCNCC2)c1)B1OC(C)(C)C(C)(C)O1. The highest BCUT2D eigenvalue weighted by Crippen LogP contribution is 2.38. The molecule has 0 aliphatic carbocycles. The van der Waals surface area contributed by atoms with E-state index in [0.717, 1.165) is 37.2 Å². The molecule has 2 aliphatic heterocycles. The second kappa shape index (κ2) is 9.45. The number of nitrogens with zero attached hydrogens (tertiary/aromatic N) is 1. The second-order valence-corrected chi connectivity index (χ2v) is 10.5. The highest BCUT2D eigenvalue weighted by atomic mass is 16.7. The Morgan fingerprint density at radius 1 is 1.19 bits per heavy atom. The first-order valence-electron chi connectivity index (χ1n) is 11.4. The zero-order valence-electron chi connectivity index (χ0n) is 20.6.